The number of nitrogens with zero attached hydrogens (tertiary/aromatic N) is 1. The molecule has 0 radical (unpaired) electrons. The Morgan fingerprint density at radius 2 is 1.63 bits per heavy atom. The van der Waals surface area contributed by atoms with Gasteiger partial charge in [-0.1, -0.05) is 12.1 Å². The summed E-state index contributed by atoms with van der Waals surface area (Å²) in [5, 5.41) is 6.32. The lowest BCUT2D eigenvalue weighted by atomic mass is 10.2. The molecule has 0 saturated heterocycles. The quantitative estimate of drug-likeness (QED) is 0.445. The lowest BCUT2D eigenvalue weighted by Gasteiger charge is -2.09. The Bertz CT molecular complexity index is 784. The van der Waals surface area contributed by atoms with Crippen LogP contribution < -0.4 is 20.2 Å². The number of methoxy groups -OCH3 is 1. The summed E-state index contributed by atoms with van der Waals surface area (Å²) in [4.78, 5) is 23.5. The fourth-order valence-electron chi connectivity index (χ4n) is 2.13. The first-order valence-corrected chi connectivity index (χ1v) is 8.49. The summed E-state index contributed by atoms with van der Waals surface area (Å²) in [6, 6.07) is 14.4. The van der Waals surface area contributed by atoms with Gasteiger partial charge in [-0.2, -0.15) is 5.10 Å². The largest absolute Gasteiger partial charge is 0.497 e. The third-order valence-corrected chi connectivity index (χ3v) is 3.45. The number of amides is 2. The van der Waals surface area contributed by atoms with Gasteiger partial charge in [0.05, 0.1) is 19.4 Å². The average Bonchev–Trinajstić information content (AvgIpc) is 2.67. The molecule has 0 spiro atoms. The summed E-state index contributed by atoms with van der Waals surface area (Å²) in [7, 11) is 1.58. The van der Waals surface area contributed by atoms with Crippen molar-refractivity contribution >= 4 is 18.0 Å². The second-order valence-corrected chi connectivity index (χ2v) is 5.97. The molecular weight excluding hydrogens is 346 g/mol. The first kappa shape index (κ1) is 20.0. The zero-order valence-electron chi connectivity index (χ0n) is 15.6. The summed E-state index contributed by atoms with van der Waals surface area (Å²) in [6.45, 7) is 4.13. The average molecular weight is 369 g/mol. The number of benzene rings is 2. The highest BCUT2D eigenvalue weighted by Crippen LogP contribution is 2.13. The van der Waals surface area contributed by atoms with E-state index < -0.39 is 11.8 Å². The number of hydrogen-bond acceptors (Lipinski definition) is 5. The fourth-order valence-corrected chi connectivity index (χ4v) is 2.13. The molecule has 2 N–H and O–H groups in total. The van der Waals surface area contributed by atoms with Gasteiger partial charge >= 0.3 is 11.8 Å². The van der Waals surface area contributed by atoms with Gasteiger partial charge in [0.1, 0.15) is 11.5 Å². The van der Waals surface area contributed by atoms with Gasteiger partial charge in [-0.05, 0) is 61.4 Å². The Hall–Kier alpha value is -3.35. The number of hydrogen-bond donors (Lipinski definition) is 2. The smallest absolute Gasteiger partial charge is 0.329 e. The molecule has 2 amide bonds. The van der Waals surface area contributed by atoms with E-state index >= 15 is 0 Å². The third-order valence-electron chi connectivity index (χ3n) is 3.45. The highest BCUT2D eigenvalue weighted by Gasteiger charge is 2.11. The zero-order valence-corrected chi connectivity index (χ0v) is 15.6. The van der Waals surface area contributed by atoms with Crippen molar-refractivity contribution in [2.45, 2.75) is 26.5 Å². The Kier molecular flexibility index (Phi) is 7.37. The molecule has 7 nitrogen and oxygen atoms in total. The molecule has 0 atom stereocenters. The van der Waals surface area contributed by atoms with Gasteiger partial charge in [-0.3, -0.25) is 9.59 Å². The molecule has 0 unspecified atom stereocenters. The van der Waals surface area contributed by atoms with Crippen LogP contribution in [0.2, 0.25) is 0 Å². The molecule has 7 heteroatoms. The summed E-state index contributed by atoms with van der Waals surface area (Å²) in [5.74, 6) is -0.117. The minimum atomic E-state index is -0.834. The molecule has 142 valence electrons. The van der Waals surface area contributed by atoms with E-state index in [1.807, 2.05) is 38.1 Å². The topological polar surface area (TPSA) is 89.0 Å². The van der Waals surface area contributed by atoms with E-state index in [1.54, 1.807) is 31.4 Å². The molecule has 0 aliphatic rings. The summed E-state index contributed by atoms with van der Waals surface area (Å²) in [6.07, 6.45) is 1.55. The van der Waals surface area contributed by atoms with Crippen LogP contribution in [0.1, 0.15) is 25.0 Å². The van der Waals surface area contributed by atoms with Crippen molar-refractivity contribution in [3.8, 4) is 11.5 Å². The van der Waals surface area contributed by atoms with E-state index in [-0.39, 0.29) is 12.6 Å². The van der Waals surface area contributed by atoms with Crippen LogP contribution in [0.4, 0.5) is 0 Å². The molecule has 27 heavy (non-hydrogen) atoms. The number of ether oxygens (including phenoxy) is 2. The van der Waals surface area contributed by atoms with Gasteiger partial charge in [0.2, 0.25) is 0 Å². The lowest BCUT2D eigenvalue weighted by Crippen LogP contribution is -2.37. The van der Waals surface area contributed by atoms with Crippen LogP contribution in [0.5, 0.6) is 11.5 Å². The van der Waals surface area contributed by atoms with Crippen LogP contribution in [0.25, 0.3) is 0 Å². The van der Waals surface area contributed by atoms with Crippen molar-refractivity contribution in [3.05, 3.63) is 59.7 Å². The highest BCUT2D eigenvalue weighted by molar-refractivity contribution is 6.35. The number of carbonyl (C=O) groups excluding carboxylic acids is 2. The van der Waals surface area contributed by atoms with E-state index in [4.69, 9.17) is 9.47 Å². The van der Waals surface area contributed by atoms with E-state index in [9.17, 15) is 9.59 Å². The van der Waals surface area contributed by atoms with Gasteiger partial charge in [0.15, 0.2) is 0 Å². The molecule has 0 aliphatic carbocycles. The van der Waals surface area contributed by atoms with E-state index in [0.717, 1.165) is 22.6 Å². The molecular formula is C20H23N3O4. The fraction of sp³-hybridized carbons (Fsp3) is 0.250. The van der Waals surface area contributed by atoms with Crippen LogP contribution in [0.15, 0.2) is 53.6 Å². The van der Waals surface area contributed by atoms with Crippen molar-refractivity contribution in [2.24, 2.45) is 5.10 Å². The van der Waals surface area contributed by atoms with E-state index in [1.165, 1.54) is 6.21 Å². The molecule has 0 heterocycles. The van der Waals surface area contributed by atoms with Crippen LogP contribution >= 0.6 is 0 Å². The van der Waals surface area contributed by atoms with Crippen LogP contribution in [0, 0.1) is 0 Å². The predicted octanol–water partition coefficient (Wildman–Crippen LogP) is 2.25. The van der Waals surface area contributed by atoms with Crippen LogP contribution in [-0.4, -0.2) is 31.2 Å². The summed E-state index contributed by atoms with van der Waals surface area (Å²) >= 11 is 0. The molecule has 2 aromatic rings. The van der Waals surface area contributed by atoms with Crippen LogP contribution in [0.3, 0.4) is 0 Å². The van der Waals surface area contributed by atoms with Crippen LogP contribution in [-0.2, 0) is 16.1 Å². The first-order chi connectivity index (χ1) is 13.0. The number of hydrazone groups is 1. The molecule has 0 bridgehead atoms. The number of nitrogens with one attached hydrogen (secondary N) is 2. The van der Waals surface area contributed by atoms with Crippen molar-refractivity contribution < 1.29 is 19.1 Å². The highest BCUT2D eigenvalue weighted by atomic mass is 16.5. The van der Waals surface area contributed by atoms with Crippen molar-refractivity contribution in [2.75, 3.05) is 7.11 Å². The third kappa shape index (κ3) is 6.81. The van der Waals surface area contributed by atoms with E-state index in [2.05, 4.69) is 15.8 Å². The Morgan fingerprint density at radius 1 is 1.00 bits per heavy atom. The SMILES string of the molecule is COc1ccc(CNC(=O)C(=O)N/N=C\c2ccc(OC(C)C)cc2)cc1. The van der Waals surface area contributed by atoms with Gasteiger partial charge in [-0.15, -0.1) is 0 Å². The molecule has 0 saturated carbocycles. The Balaban J connectivity index is 1.78. The maximum Gasteiger partial charge on any atom is 0.329 e. The number of rotatable bonds is 7. The van der Waals surface area contributed by atoms with E-state index in [0.29, 0.717) is 0 Å². The first-order valence-electron chi connectivity index (χ1n) is 8.49. The Morgan fingerprint density at radius 3 is 2.22 bits per heavy atom. The standard InChI is InChI=1S/C20H23N3O4/c1-14(2)27-18-10-6-16(7-11-18)13-22-23-20(25)19(24)21-12-15-4-8-17(26-3)9-5-15/h4-11,13-14H,12H2,1-3H3,(H,21,24)(H,23,25)/b22-13-. The van der Waals surface area contributed by atoms with Crippen molar-refractivity contribution in [3.63, 3.8) is 0 Å². The number of carbonyl (C=O) groups is 2. The van der Waals surface area contributed by atoms with Gasteiger partial charge in [0.25, 0.3) is 0 Å². The predicted molar refractivity (Wildman–Crippen MR) is 103 cm³/mol. The second kappa shape index (κ2) is 9.96. The maximum absolute atomic E-state index is 11.8. The molecule has 2 aromatic carbocycles. The minimum Gasteiger partial charge on any atom is -0.497 e. The van der Waals surface area contributed by atoms with Crippen molar-refractivity contribution in [1.29, 1.82) is 0 Å². The summed E-state index contributed by atoms with van der Waals surface area (Å²) in [5.41, 5.74) is 3.82. The zero-order chi connectivity index (χ0) is 19.6. The molecule has 0 fully saturated rings. The maximum atomic E-state index is 11.8. The van der Waals surface area contributed by atoms with Crippen molar-refractivity contribution in [1.82, 2.24) is 10.7 Å². The molecule has 0 aliphatic heterocycles. The van der Waals surface area contributed by atoms with Gasteiger partial charge in [0, 0.05) is 6.54 Å². The molecule has 0 aromatic heterocycles. The monoisotopic (exact) mass is 369 g/mol. The van der Waals surface area contributed by atoms with Gasteiger partial charge in [-0.25, -0.2) is 5.43 Å². The molecule has 2 rings (SSSR count). The lowest BCUT2D eigenvalue weighted by molar-refractivity contribution is -0.139. The summed E-state index contributed by atoms with van der Waals surface area (Å²) < 4.78 is 10.6. The second-order valence-electron chi connectivity index (χ2n) is 5.97. The normalized spacial score (nSPS) is 10.7. The minimum absolute atomic E-state index is 0.0974. The van der Waals surface area contributed by atoms with Gasteiger partial charge < -0.3 is 14.8 Å². The Labute approximate surface area is 158 Å².